The van der Waals surface area contributed by atoms with E-state index in [-0.39, 0.29) is 6.04 Å². The van der Waals surface area contributed by atoms with Crippen molar-refractivity contribution in [3.63, 3.8) is 0 Å². The molecule has 100 valence electrons. The Morgan fingerprint density at radius 3 is 2.68 bits per heavy atom. The molecule has 2 aromatic rings. The first-order valence-corrected chi connectivity index (χ1v) is 6.73. The number of benzene rings is 1. The van der Waals surface area contributed by atoms with Gasteiger partial charge in [0.05, 0.1) is 13.2 Å². The number of hydrogen-bond donors (Lipinski definition) is 2. The average molecular weight is 322 g/mol. The van der Waals surface area contributed by atoms with Crippen LogP contribution in [0.15, 0.2) is 47.1 Å². The molecule has 0 spiro atoms. The zero-order chi connectivity index (χ0) is 13.7. The molecule has 0 bridgehead atoms. The summed E-state index contributed by atoms with van der Waals surface area (Å²) in [6.07, 6.45) is 2.47. The molecule has 0 aliphatic carbocycles. The van der Waals surface area contributed by atoms with Gasteiger partial charge < -0.3 is 4.74 Å². The number of aromatic nitrogens is 1. The molecule has 4 nitrogen and oxygen atoms in total. The van der Waals surface area contributed by atoms with E-state index in [2.05, 4.69) is 38.5 Å². The first kappa shape index (κ1) is 14.0. The van der Waals surface area contributed by atoms with Crippen molar-refractivity contribution in [1.29, 1.82) is 0 Å². The van der Waals surface area contributed by atoms with Crippen LogP contribution in [0.1, 0.15) is 17.2 Å². The summed E-state index contributed by atoms with van der Waals surface area (Å²) in [6.45, 7) is 0. The van der Waals surface area contributed by atoms with Crippen LogP contribution in [0, 0.1) is 0 Å². The maximum atomic E-state index is 5.66. The minimum atomic E-state index is -0.0372. The average Bonchev–Trinajstić information content (AvgIpc) is 2.46. The number of pyridine rings is 1. The van der Waals surface area contributed by atoms with Crippen LogP contribution in [0.3, 0.4) is 0 Å². The molecule has 3 N–H and O–H groups in total. The number of hydrazine groups is 1. The molecule has 1 aromatic heterocycles. The number of rotatable bonds is 5. The van der Waals surface area contributed by atoms with Gasteiger partial charge in [0.15, 0.2) is 0 Å². The fraction of sp³-hybridized carbons (Fsp3) is 0.214. The van der Waals surface area contributed by atoms with Gasteiger partial charge in [-0.3, -0.25) is 11.3 Å². The molecule has 0 saturated heterocycles. The first-order chi connectivity index (χ1) is 9.24. The number of nitrogens with zero attached hydrogens (tertiary/aromatic N) is 1. The topological polar surface area (TPSA) is 60.2 Å². The molecule has 1 unspecified atom stereocenters. The van der Waals surface area contributed by atoms with Crippen LogP contribution in [0.5, 0.6) is 5.88 Å². The van der Waals surface area contributed by atoms with E-state index in [1.54, 1.807) is 13.3 Å². The van der Waals surface area contributed by atoms with Gasteiger partial charge in [-0.25, -0.2) is 4.98 Å². The van der Waals surface area contributed by atoms with Crippen molar-refractivity contribution in [3.8, 4) is 5.88 Å². The van der Waals surface area contributed by atoms with E-state index in [1.807, 2.05) is 24.3 Å². The smallest absolute Gasteiger partial charge is 0.217 e. The van der Waals surface area contributed by atoms with Crippen molar-refractivity contribution in [2.75, 3.05) is 7.11 Å². The van der Waals surface area contributed by atoms with Gasteiger partial charge in [0.25, 0.3) is 0 Å². The number of methoxy groups -OCH3 is 1. The highest BCUT2D eigenvalue weighted by molar-refractivity contribution is 9.10. The normalized spacial score (nSPS) is 12.2. The van der Waals surface area contributed by atoms with Crippen molar-refractivity contribution in [2.24, 2.45) is 5.84 Å². The van der Waals surface area contributed by atoms with Gasteiger partial charge >= 0.3 is 0 Å². The van der Waals surface area contributed by atoms with Gasteiger partial charge in [-0.05, 0) is 30.2 Å². The molecule has 2 rings (SSSR count). The van der Waals surface area contributed by atoms with Crippen LogP contribution in [0.25, 0.3) is 0 Å². The van der Waals surface area contributed by atoms with Crippen LogP contribution in [-0.4, -0.2) is 12.1 Å². The lowest BCUT2D eigenvalue weighted by atomic mass is 10.0. The zero-order valence-electron chi connectivity index (χ0n) is 10.6. The van der Waals surface area contributed by atoms with E-state index < -0.39 is 0 Å². The molecule has 0 radical (unpaired) electrons. The SMILES string of the molecule is COc1ncccc1C(Cc1ccc(Br)cc1)NN. The van der Waals surface area contributed by atoms with Gasteiger partial charge in [0, 0.05) is 16.2 Å². The van der Waals surface area contributed by atoms with E-state index in [4.69, 9.17) is 10.6 Å². The van der Waals surface area contributed by atoms with Crippen molar-refractivity contribution in [1.82, 2.24) is 10.4 Å². The fourth-order valence-electron chi connectivity index (χ4n) is 1.95. The summed E-state index contributed by atoms with van der Waals surface area (Å²) in [5.74, 6) is 6.26. The van der Waals surface area contributed by atoms with E-state index in [0.717, 1.165) is 16.5 Å². The van der Waals surface area contributed by atoms with Crippen LogP contribution >= 0.6 is 15.9 Å². The third kappa shape index (κ3) is 3.53. The van der Waals surface area contributed by atoms with Crippen LogP contribution in [0.2, 0.25) is 0 Å². The second kappa shape index (κ2) is 6.65. The van der Waals surface area contributed by atoms with Gasteiger partial charge in [-0.1, -0.05) is 34.1 Å². The van der Waals surface area contributed by atoms with E-state index in [9.17, 15) is 0 Å². The lowest BCUT2D eigenvalue weighted by Crippen LogP contribution is -2.30. The van der Waals surface area contributed by atoms with Gasteiger partial charge in [0.2, 0.25) is 5.88 Å². The Labute approximate surface area is 121 Å². The number of nitrogens with two attached hydrogens (primary N) is 1. The lowest BCUT2D eigenvalue weighted by molar-refractivity contribution is 0.382. The quantitative estimate of drug-likeness (QED) is 0.656. The van der Waals surface area contributed by atoms with Gasteiger partial charge in [-0.2, -0.15) is 0 Å². The third-order valence-electron chi connectivity index (χ3n) is 2.92. The van der Waals surface area contributed by atoms with E-state index in [0.29, 0.717) is 5.88 Å². The molecular weight excluding hydrogens is 306 g/mol. The van der Waals surface area contributed by atoms with Crippen LogP contribution < -0.4 is 16.0 Å². The number of hydrogen-bond acceptors (Lipinski definition) is 4. The molecule has 0 fully saturated rings. The second-order valence-electron chi connectivity index (χ2n) is 4.15. The highest BCUT2D eigenvalue weighted by atomic mass is 79.9. The molecule has 0 aliphatic heterocycles. The standard InChI is InChI=1S/C14H16BrN3O/c1-19-14-12(3-2-8-17-14)13(18-16)9-10-4-6-11(15)7-5-10/h2-8,13,18H,9,16H2,1H3. The number of nitrogens with one attached hydrogen (secondary N) is 1. The molecule has 0 aliphatic rings. The van der Waals surface area contributed by atoms with E-state index in [1.165, 1.54) is 5.56 Å². The summed E-state index contributed by atoms with van der Waals surface area (Å²) in [5, 5.41) is 0. The minimum absolute atomic E-state index is 0.0372. The summed E-state index contributed by atoms with van der Waals surface area (Å²) >= 11 is 3.43. The molecule has 1 atom stereocenters. The Morgan fingerprint density at radius 2 is 2.05 bits per heavy atom. The molecule has 5 heteroatoms. The predicted molar refractivity (Wildman–Crippen MR) is 78.7 cm³/mol. The zero-order valence-corrected chi connectivity index (χ0v) is 12.2. The summed E-state index contributed by atoms with van der Waals surface area (Å²) in [7, 11) is 1.61. The Kier molecular flexibility index (Phi) is 4.90. The maximum Gasteiger partial charge on any atom is 0.217 e. The second-order valence-corrected chi connectivity index (χ2v) is 5.07. The summed E-state index contributed by atoms with van der Waals surface area (Å²) in [5.41, 5.74) is 4.97. The molecule has 0 amide bonds. The third-order valence-corrected chi connectivity index (χ3v) is 3.45. The van der Waals surface area contributed by atoms with E-state index >= 15 is 0 Å². The molecular formula is C14H16BrN3O. The number of halogens is 1. The molecule has 19 heavy (non-hydrogen) atoms. The Bertz CT molecular complexity index is 530. The van der Waals surface area contributed by atoms with Crippen molar-refractivity contribution in [2.45, 2.75) is 12.5 Å². The Morgan fingerprint density at radius 1 is 1.32 bits per heavy atom. The molecule has 1 heterocycles. The van der Waals surface area contributed by atoms with Crippen LogP contribution in [0.4, 0.5) is 0 Å². The molecule has 1 aromatic carbocycles. The predicted octanol–water partition coefficient (Wildman–Crippen LogP) is 2.60. The Balaban J connectivity index is 2.22. The number of ether oxygens (including phenoxy) is 1. The van der Waals surface area contributed by atoms with Gasteiger partial charge in [-0.15, -0.1) is 0 Å². The first-order valence-electron chi connectivity index (χ1n) is 5.94. The largest absolute Gasteiger partial charge is 0.481 e. The van der Waals surface area contributed by atoms with Crippen LogP contribution in [-0.2, 0) is 6.42 Å². The van der Waals surface area contributed by atoms with Gasteiger partial charge in [0.1, 0.15) is 0 Å². The minimum Gasteiger partial charge on any atom is -0.481 e. The highest BCUT2D eigenvalue weighted by Gasteiger charge is 2.15. The summed E-state index contributed by atoms with van der Waals surface area (Å²) in [6, 6.07) is 12.0. The van der Waals surface area contributed by atoms with Crippen molar-refractivity contribution >= 4 is 15.9 Å². The van der Waals surface area contributed by atoms with Crippen molar-refractivity contribution < 1.29 is 4.74 Å². The Hall–Kier alpha value is -1.43. The van der Waals surface area contributed by atoms with Crippen molar-refractivity contribution in [3.05, 3.63) is 58.2 Å². The fourth-order valence-corrected chi connectivity index (χ4v) is 2.22. The highest BCUT2D eigenvalue weighted by Crippen LogP contribution is 2.25. The monoisotopic (exact) mass is 321 g/mol. The molecule has 0 saturated carbocycles. The summed E-state index contributed by atoms with van der Waals surface area (Å²) < 4.78 is 6.33. The maximum absolute atomic E-state index is 5.66. The summed E-state index contributed by atoms with van der Waals surface area (Å²) in [4.78, 5) is 4.20. The lowest BCUT2D eigenvalue weighted by Gasteiger charge is -2.18.